The zero-order valence-electron chi connectivity index (χ0n) is 10.1. The monoisotopic (exact) mass is 240 g/mol. The molecule has 0 unspecified atom stereocenters. The predicted molar refractivity (Wildman–Crippen MR) is 72.8 cm³/mol. The van der Waals surface area contributed by atoms with Crippen molar-refractivity contribution in [1.29, 1.82) is 0 Å². The van der Waals surface area contributed by atoms with Crippen LogP contribution < -0.4 is 11.5 Å². The van der Waals surface area contributed by atoms with E-state index < -0.39 is 0 Å². The van der Waals surface area contributed by atoms with E-state index in [1.165, 1.54) is 0 Å². The van der Waals surface area contributed by atoms with Crippen LogP contribution in [0.1, 0.15) is 11.1 Å². The lowest BCUT2D eigenvalue weighted by Gasteiger charge is -1.98. The van der Waals surface area contributed by atoms with Crippen LogP contribution in [-0.4, -0.2) is 0 Å². The summed E-state index contributed by atoms with van der Waals surface area (Å²) in [6.45, 7) is 1.08. The third-order valence-electron chi connectivity index (χ3n) is 2.63. The van der Waals surface area contributed by atoms with Crippen molar-refractivity contribution in [2.75, 3.05) is 0 Å². The molecule has 0 radical (unpaired) electrons. The zero-order chi connectivity index (χ0) is 12.8. The highest BCUT2D eigenvalue weighted by Gasteiger charge is 1.93. The minimum Gasteiger partial charge on any atom is -0.326 e. The number of rotatable bonds is 4. The number of hydrogen-bond acceptors (Lipinski definition) is 4. The van der Waals surface area contributed by atoms with E-state index >= 15 is 0 Å². The van der Waals surface area contributed by atoms with Crippen molar-refractivity contribution in [1.82, 2.24) is 0 Å². The molecule has 0 aliphatic carbocycles. The number of nitrogens with two attached hydrogens (primary N) is 2. The number of benzene rings is 2. The van der Waals surface area contributed by atoms with Gasteiger partial charge in [-0.05, 0) is 35.4 Å². The molecule has 0 saturated heterocycles. The average molecular weight is 240 g/mol. The molecule has 92 valence electrons. The molecule has 0 aliphatic rings. The second-order valence-electron chi connectivity index (χ2n) is 3.94. The van der Waals surface area contributed by atoms with Crippen LogP contribution in [0.5, 0.6) is 0 Å². The molecule has 4 N–H and O–H groups in total. The summed E-state index contributed by atoms with van der Waals surface area (Å²) < 4.78 is 0. The van der Waals surface area contributed by atoms with Crippen LogP contribution in [0.3, 0.4) is 0 Å². The molecule has 0 heterocycles. The van der Waals surface area contributed by atoms with E-state index in [0.29, 0.717) is 13.1 Å². The van der Waals surface area contributed by atoms with E-state index in [9.17, 15) is 0 Å². The molecule has 0 aliphatic heterocycles. The topological polar surface area (TPSA) is 76.8 Å². The highest BCUT2D eigenvalue weighted by molar-refractivity contribution is 5.42. The molecule has 4 heteroatoms. The summed E-state index contributed by atoms with van der Waals surface area (Å²) in [4.78, 5) is 0. The Morgan fingerprint density at radius 1 is 0.611 bits per heavy atom. The molecule has 0 atom stereocenters. The fraction of sp³-hybridized carbons (Fsp3) is 0.143. The summed E-state index contributed by atoms with van der Waals surface area (Å²) in [7, 11) is 0. The summed E-state index contributed by atoms with van der Waals surface area (Å²) in [5.41, 5.74) is 14.9. The Kier molecular flexibility index (Phi) is 4.17. The Morgan fingerprint density at radius 3 is 1.22 bits per heavy atom. The number of azo groups is 1. The van der Waals surface area contributed by atoms with Crippen LogP contribution in [0.15, 0.2) is 58.8 Å². The Hall–Kier alpha value is -2.04. The van der Waals surface area contributed by atoms with Gasteiger partial charge >= 0.3 is 0 Å². The summed E-state index contributed by atoms with van der Waals surface area (Å²) in [6, 6.07) is 15.4. The quantitative estimate of drug-likeness (QED) is 0.806. The van der Waals surface area contributed by atoms with Gasteiger partial charge in [-0.15, -0.1) is 0 Å². The standard InChI is InChI=1S/C14H16N4/c15-9-11-1-5-13(6-2-11)17-18-14-7-3-12(10-16)4-8-14/h1-8H,9-10,15-16H2. The molecular formula is C14H16N4. The third-order valence-corrected chi connectivity index (χ3v) is 2.63. The lowest BCUT2D eigenvalue weighted by Crippen LogP contribution is -1.94. The lowest BCUT2D eigenvalue weighted by atomic mass is 10.2. The van der Waals surface area contributed by atoms with Gasteiger partial charge in [0.15, 0.2) is 0 Å². The maximum Gasteiger partial charge on any atom is 0.0857 e. The lowest BCUT2D eigenvalue weighted by molar-refractivity contribution is 1.07. The van der Waals surface area contributed by atoms with Crippen molar-refractivity contribution < 1.29 is 0 Å². The smallest absolute Gasteiger partial charge is 0.0857 e. The third kappa shape index (κ3) is 3.23. The molecule has 0 aromatic heterocycles. The average Bonchev–Trinajstić information content (AvgIpc) is 2.46. The SMILES string of the molecule is NCc1ccc(N=Nc2ccc(CN)cc2)cc1. The van der Waals surface area contributed by atoms with E-state index in [-0.39, 0.29) is 0 Å². The minimum atomic E-state index is 0.540. The molecule has 18 heavy (non-hydrogen) atoms. The van der Waals surface area contributed by atoms with Gasteiger partial charge in [0.1, 0.15) is 0 Å². The summed E-state index contributed by atoms with van der Waals surface area (Å²) in [6.07, 6.45) is 0. The second kappa shape index (κ2) is 6.05. The second-order valence-corrected chi connectivity index (χ2v) is 3.94. The van der Waals surface area contributed by atoms with E-state index in [1.807, 2.05) is 48.5 Å². The first-order valence-corrected chi connectivity index (χ1v) is 5.81. The molecule has 0 amide bonds. The van der Waals surface area contributed by atoms with E-state index in [0.717, 1.165) is 22.5 Å². The molecule has 0 saturated carbocycles. The molecule has 2 aromatic rings. The molecular weight excluding hydrogens is 224 g/mol. The van der Waals surface area contributed by atoms with Crippen LogP contribution in [0.2, 0.25) is 0 Å². The van der Waals surface area contributed by atoms with Gasteiger partial charge in [0.2, 0.25) is 0 Å². The number of nitrogens with zero attached hydrogens (tertiary/aromatic N) is 2. The van der Waals surface area contributed by atoms with E-state index in [4.69, 9.17) is 11.5 Å². The van der Waals surface area contributed by atoms with E-state index in [1.54, 1.807) is 0 Å². The van der Waals surface area contributed by atoms with Gasteiger partial charge in [0.05, 0.1) is 11.4 Å². The van der Waals surface area contributed by atoms with Gasteiger partial charge in [0, 0.05) is 13.1 Å². The van der Waals surface area contributed by atoms with Crippen molar-refractivity contribution >= 4 is 11.4 Å². The normalized spacial score (nSPS) is 11.0. The van der Waals surface area contributed by atoms with E-state index in [2.05, 4.69) is 10.2 Å². The summed E-state index contributed by atoms with van der Waals surface area (Å²) in [5.74, 6) is 0. The molecule has 0 spiro atoms. The van der Waals surface area contributed by atoms with Gasteiger partial charge in [-0.1, -0.05) is 24.3 Å². The van der Waals surface area contributed by atoms with Crippen molar-refractivity contribution in [2.45, 2.75) is 13.1 Å². The Balaban J connectivity index is 2.08. The molecule has 0 bridgehead atoms. The van der Waals surface area contributed by atoms with Crippen LogP contribution in [0, 0.1) is 0 Å². The predicted octanol–water partition coefficient (Wildman–Crippen LogP) is 3.02. The fourth-order valence-corrected chi connectivity index (χ4v) is 1.51. The van der Waals surface area contributed by atoms with Gasteiger partial charge in [0.25, 0.3) is 0 Å². The molecule has 2 rings (SSSR count). The highest BCUT2D eigenvalue weighted by Crippen LogP contribution is 2.19. The maximum absolute atomic E-state index is 5.53. The van der Waals surface area contributed by atoms with Crippen molar-refractivity contribution in [2.24, 2.45) is 21.7 Å². The largest absolute Gasteiger partial charge is 0.326 e. The number of hydrogen-bond donors (Lipinski definition) is 2. The maximum atomic E-state index is 5.53. The zero-order valence-corrected chi connectivity index (χ0v) is 10.1. The molecule has 2 aromatic carbocycles. The Labute approximate surface area is 106 Å². The first kappa shape index (κ1) is 12.4. The van der Waals surface area contributed by atoms with Gasteiger partial charge in [-0.25, -0.2) is 0 Å². The van der Waals surface area contributed by atoms with Gasteiger partial charge in [-0.2, -0.15) is 10.2 Å². The molecule has 0 fully saturated rings. The highest BCUT2D eigenvalue weighted by atomic mass is 15.1. The van der Waals surface area contributed by atoms with Gasteiger partial charge in [-0.3, -0.25) is 0 Å². The fourth-order valence-electron chi connectivity index (χ4n) is 1.51. The summed E-state index contributed by atoms with van der Waals surface area (Å²) >= 11 is 0. The minimum absolute atomic E-state index is 0.540. The first-order valence-electron chi connectivity index (χ1n) is 5.81. The van der Waals surface area contributed by atoms with Crippen molar-refractivity contribution in [3.63, 3.8) is 0 Å². The van der Waals surface area contributed by atoms with Crippen LogP contribution >= 0.6 is 0 Å². The van der Waals surface area contributed by atoms with Gasteiger partial charge < -0.3 is 11.5 Å². The van der Waals surface area contributed by atoms with Crippen molar-refractivity contribution in [3.8, 4) is 0 Å². The van der Waals surface area contributed by atoms with Crippen LogP contribution in [0.25, 0.3) is 0 Å². The first-order chi connectivity index (χ1) is 8.81. The Morgan fingerprint density at radius 2 is 0.944 bits per heavy atom. The molecule has 4 nitrogen and oxygen atoms in total. The Bertz CT molecular complexity index is 465. The van der Waals surface area contributed by atoms with Crippen LogP contribution in [0.4, 0.5) is 11.4 Å². The van der Waals surface area contributed by atoms with Crippen LogP contribution in [-0.2, 0) is 13.1 Å². The summed E-state index contributed by atoms with van der Waals surface area (Å²) in [5, 5.41) is 8.32. The van der Waals surface area contributed by atoms with Crippen molar-refractivity contribution in [3.05, 3.63) is 59.7 Å².